The smallest absolute Gasteiger partial charge is 0.254 e. The maximum atomic E-state index is 12.9. The highest BCUT2D eigenvalue weighted by atomic mass is 35.5. The monoisotopic (exact) mass is 242 g/mol. The fourth-order valence-electron chi connectivity index (χ4n) is 1.53. The van der Waals surface area contributed by atoms with Gasteiger partial charge < -0.3 is 5.32 Å². The number of nitrogens with one attached hydrogen (secondary N) is 1. The number of carbonyl (C=O) groups is 1. The third-order valence-electron chi connectivity index (χ3n) is 2.87. The third-order valence-corrected chi connectivity index (χ3v) is 3.17. The van der Waals surface area contributed by atoms with Crippen molar-refractivity contribution in [2.75, 3.05) is 0 Å². The van der Waals surface area contributed by atoms with E-state index in [0.29, 0.717) is 0 Å². The Morgan fingerprint density at radius 3 is 2.88 bits per heavy atom. The van der Waals surface area contributed by atoms with Gasteiger partial charge in [-0.3, -0.25) is 4.79 Å². The fourth-order valence-corrected chi connectivity index (χ4v) is 1.72. The Bertz CT molecular complexity index is 448. The Balaban J connectivity index is 2.12. The van der Waals surface area contributed by atoms with Gasteiger partial charge in [-0.1, -0.05) is 25.4 Å². The van der Waals surface area contributed by atoms with Gasteiger partial charge in [0.1, 0.15) is 11.0 Å². The van der Waals surface area contributed by atoms with Gasteiger partial charge in [-0.25, -0.2) is 9.37 Å². The normalized spacial score (nSPS) is 21.6. The molecule has 1 aromatic heterocycles. The van der Waals surface area contributed by atoms with Gasteiger partial charge in [-0.15, -0.1) is 0 Å². The molecule has 16 heavy (non-hydrogen) atoms. The molecule has 0 aliphatic heterocycles. The van der Waals surface area contributed by atoms with Crippen LogP contribution in [-0.2, 0) is 0 Å². The molecule has 1 aliphatic carbocycles. The Kier molecular flexibility index (Phi) is 2.62. The van der Waals surface area contributed by atoms with Gasteiger partial charge >= 0.3 is 0 Å². The lowest BCUT2D eigenvalue weighted by Gasteiger charge is -2.07. The zero-order chi connectivity index (χ0) is 11.9. The molecule has 1 atom stereocenters. The van der Waals surface area contributed by atoms with E-state index < -0.39 is 5.82 Å². The molecule has 0 bridgehead atoms. The summed E-state index contributed by atoms with van der Waals surface area (Å²) in [6, 6.07) is 1.24. The number of nitrogens with zero attached hydrogens (tertiary/aromatic N) is 1. The van der Waals surface area contributed by atoms with E-state index in [9.17, 15) is 9.18 Å². The van der Waals surface area contributed by atoms with Crippen molar-refractivity contribution in [2.24, 2.45) is 5.41 Å². The Labute approximate surface area is 98.0 Å². The van der Waals surface area contributed by atoms with Crippen LogP contribution in [0.25, 0.3) is 0 Å². The van der Waals surface area contributed by atoms with Crippen molar-refractivity contribution in [3.8, 4) is 0 Å². The summed E-state index contributed by atoms with van der Waals surface area (Å²) in [6.45, 7) is 4.12. The lowest BCUT2D eigenvalue weighted by Crippen LogP contribution is -2.28. The molecule has 1 saturated carbocycles. The summed E-state index contributed by atoms with van der Waals surface area (Å²) in [5, 5.41) is 2.82. The van der Waals surface area contributed by atoms with Gasteiger partial charge in [-0.2, -0.15) is 0 Å². The average molecular weight is 243 g/mol. The molecule has 2 rings (SSSR count). The van der Waals surface area contributed by atoms with Crippen LogP contribution in [0, 0.1) is 11.2 Å². The van der Waals surface area contributed by atoms with Gasteiger partial charge in [0.2, 0.25) is 0 Å². The summed E-state index contributed by atoms with van der Waals surface area (Å²) in [4.78, 5) is 15.3. The van der Waals surface area contributed by atoms with E-state index in [1.54, 1.807) is 0 Å². The maximum absolute atomic E-state index is 12.9. The summed E-state index contributed by atoms with van der Waals surface area (Å²) in [7, 11) is 0. The molecule has 1 amide bonds. The van der Waals surface area contributed by atoms with Gasteiger partial charge in [0.25, 0.3) is 5.91 Å². The first-order valence-electron chi connectivity index (χ1n) is 5.02. The number of halogens is 2. The summed E-state index contributed by atoms with van der Waals surface area (Å²) in [6.07, 6.45) is 1.92. The van der Waals surface area contributed by atoms with Gasteiger partial charge in [-0.05, 0) is 17.9 Å². The highest BCUT2D eigenvalue weighted by molar-refractivity contribution is 6.32. The Morgan fingerprint density at radius 1 is 1.69 bits per heavy atom. The first kappa shape index (κ1) is 11.3. The van der Waals surface area contributed by atoms with Crippen LogP contribution in [0.2, 0.25) is 5.15 Å². The molecule has 0 saturated heterocycles. The van der Waals surface area contributed by atoms with Crippen molar-refractivity contribution in [1.82, 2.24) is 10.3 Å². The van der Waals surface area contributed by atoms with E-state index in [-0.39, 0.29) is 28.1 Å². The lowest BCUT2D eigenvalue weighted by molar-refractivity contribution is 0.0945. The number of rotatable bonds is 2. The zero-order valence-corrected chi connectivity index (χ0v) is 9.81. The molecule has 1 N–H and O–H groups in total. The van der Waals surface area contributed by atoms with E-state index in [2.05, 4.69) is 24.1 Å². The van der Waals surface area contributed by atoms with E-state index >= 15 is 0 Å². The van der Waals surface area contributed by atoms with E-state index in [0.717, 1.165) is 18.7 Å². The highest BCUT2D eigenvalue weighted by Crippen LogP contribution is 2.44. The van der Waals surface area contributed by atoms with Crippen molar-refractivity contribution in [3.05, 3.63) is 28.8 Å². The van der Waals surface area contributed by atoms with Gasteiger partial charge in [0.05, 0.1) is 11.8 Å². The molecule has 1 heterocycles. The van der Waals surface area contributed by atoms with Crippen LogP contribution in [0.4, 0.5) is 4.39 Å². The van der Waals surface area contributed by atoms with Crippen molar-refractivity contribution in [3.63, 3.8) is 0 Å². The molecule has 5 heteroatoms. The van der Waals surface area contributed by atoms with E-state index in [1.165, 1.54) is 0 Å². The van der Waals surface area contributed by atoms with Gasteiger partial charge in [0.15, 0.2) is 0 Å². The molecule has 0 radical (unpaired) electrons. The molecule has 3 nitrogen and oxygen atoms in total. The predicted octanol–water partition coefficient (Wildman–Crippen LogP) is 2.40. The molecule has 86 valence electrons. The first-order chi connectivity index (χ1) is 7.40. The van der Waals surface area contributed by atoms with Crippen molar-refractivity contribution >= 4 is 17.5 Å². The third kappa shape index (κ3) is 2.16. The van der Waals surface area contributed by atoms with E-state index in [1.807, 2.05) is 0 Å². The van der Waals surface area contributed by atoms with Crippen LogP contribution >= 0.6 is 11.6 Å². The highest BCUT2D eigenvalue weighted by Gasteiger charge is 2.46. The Hall–Kier alpha value is -1.16. The fraction of sp³-hybridized carbons (Fsp3) is 0.455. The maximum Gasteiger partial charge on any atom is 0.254 e. The minimum Gasteiger partial charge on any atom is -0.349 e. The quantitative estimate of drug-likeness (QED) is 0.810. The molecule has 1 aliphatic rings. The van der Waals surface area contributed by atoms with Crippen LogP contribution in [0.3, 0.4) is 0 Å². The molecular weight excluding hydrogens is 231 g/mol. The minimum absolute atomic E-state index is 0.0253. The molecule has 0 spiro atoms. The SMILES string of the molecule is CC1(C)CC1NC(=O)c1cc(F)cnc1Cl. The second kappa shape index (κ2) is 3.70. The minimum atomic E-state index is -0.565. The number of carbonyl (C=O) groups excluding carboxylic acids is 1. The zero-order valence-electron chi connectivity index (χ0n) is 9.05. The van der Waals surface area contributed by atoms with E-state index in [4.69, 9.17) is 11.6 Å². The number of hydrogen-bond acceptors (Lipinski definition) is 2. The van der Waals surface area contributed by atoms with Crippen molar-refractivity contribution in [1.29, 1.82) is 0 Å². The number of pyridine rings is 1. The van der Waals surface area contributed by atoms with Crippen molar-refractivity contribution in [2.45, 2.75) is 26.3 Å². The standard InChI is InChI=1S/C11H12ClFN2O/c1-11(2)4-8(11)15-10(16)7-3-6(13)5-14-9(7)12/h3,5,8H,4H2,1-2H3,(H,15,16). The van der Waals surface area contributed by atoms with Gasteiger partial charge in [0, 0.05) is 6.04 Å². The van der Waals surface area contributed by atoms with Crippen molar-refractivity contribution < 1.29 is 9.18 Å². The summed E-state index contributed by atoms with van der Waals surface area (Å²) in [5.41, 5.74) is 0.215. The molecular formula is C11H12ClFN2O. The van der Waals surface area contributed by atoms with Crippen LogP contribution in [0.5, 0.6) is 0 Å². The van der Waals surface area contributed by atoms with Crippen LogP contribution < -0.4 is 5.32 Å². The van der Waals surface area contributed by atoms with Crippen LogP contribution in [0.15, 0.2) is 12.3 Å². The van der Waals surface area contributed by atoms with Crippen LogP contribution in [-0.4, -0.2) is 16.9 Å². The molecule has 1 unspecified atom stereocenters. The number of amides is 1. The second-order valence-corrected chi connectivity index (χ2v) is 5.07. The topological polar surface area (TPSA) is 42.0 Å². The predicted molar refractivity (Wildman–Crippen MR) is 58.9 cm³/mol. The summed E-state index contributed by atoms with van der Waals surface area (Å²) < 4.78 is 12.9. The first-order valence-corrected chi connectivity index (χ1v) is 5.40. The Morgan fingerprint density at radius 2 is 2.31 bits per heavy atom. The number of hydrogen-bond donors (Lipinski definition) is 1. The molecule has 1 fully saturated rings. The summed E-state index contributed by atoms with van der Waals surface area (Å²) >= 11 is 5.73. The summed E-state index contributed by atoms with van der Waals surface area (Å²) in [5.74, 6) is -0.933. The second-order valence-electron chi connectivity index (χ2n) is 4.71. The lowest BCUT2D eigenvalue weighted by atomic mass is 10.2. The average Bonchev–Trinajstić information content (AvgIpc) is 2.77. The molecule has 1 aromatic rings. The molecule has 0 aromatic carbocycles. The van der Waals surface area contributed by atoms with Crippen LogP contribution in [0.1, 0.15) is 30.6 Å². The largest absolute Gasteiger partial charge is 0.349 e. The number of aromatic nitrogens is 1.